The van der Waals surface area contributed by atoms with Crippen LogP contribution in [0.2, 0.25) is 5.02 Å². The average molecular weight is 371 g/mol. The van der Waals surface area contributed by atoms with Gasteiger partial charge in [0.2, 0.25) is 5.91 Å². The zero-order chi connectivity index (χ0) is 18.2. The number of nitrogens with one attached hydrogen (secondary N) is 1. The monoisotopic (exact) mass is 370 g/mol. The Morgan fingerprint density at radius 3 is 2.46 bits per heavy atom. The van der Waals surface area contributed by atoms with Gasteiger partial charge in [-0.25, -0.2) is 5.43 Å². The van der Waals surface area contributed by atoms with Crippen LogP contribution in [0.25, 0.3) is 0 Å². The molecule has 1 aliphatic carbocycles. The maximum absolute atomic E-state index is 12.0. The van der Waals surface area contributed by atoms with E-state index in [4.69, 9.17) is 16.3 Å². The molecule has 3 rings (SSSR count). The Labute approximate surface area is 159 Å². The largest absolute Gasteiger partial charge is 0.489 e. The van der Waals surface area contributed by atoms with Crippen molar-refractivity contribution in [2.24, 2.45) is 11.0 Å². The quantitative estimate of drug-likeness (QED) is 0.577. The van der Waals surface area contributed by atoms with Gasteiger partial charge in [0.25, 0.3) is 0 Å². The molecule has 0 atom stereocenters. The molecule has 2 aromatic carbocycles. The van der Waals surface area contributed by atoms with Crippen LogP contribution in [0.1, 0.15) is 43.2 Å². The molecule has 1 amide bonds. The third-order valence-corrected chi connectivity index (χ3v) is 4.82. The number of ether oxygens (including phenoxy) is 1. The highest BCUT2D eigenvalue weighted by molar-refractivity contribution is 6.30. The lowest BCUT2D eigenvalue weighted by Crippen LogP contribution is -2.28. The topological polar surface area (TPSA) is 50.7 Å². The van der Waals surface area contributed by atoms with E-state index in [0.717, 1.165) is 42.6 Å². The number of nitrogens with zero attached hydrogens (tertiary/aromatic N) is 1. The molecule has 1 aliphatic rings. The van der Waals surface area contributed by atoms with Gasteiger partial charge in [0.05, 0.1) is 6.21 Å². The van der Waals surface area contributed by atoms with Crippen molar-refractivity contribution in [3.05, 3.63) is 64.7 Å². The molecule has 0 spiro atoms. The van der Waals surface area contributed by atoms with Crippen molar-refractivity contribution in [3.8, 4) is 5.75 Å². The lowest BCUT2D eigenvalue weighted by atomic mass is 9.89. The summed E-state index contributed by atoms with van der Waals surface area (Å²) >= 11 is 5.87. The summed E-state index contributed by atoms with van der Waals surface area (Å²) in [5.74, 6) is 0.928. The van der Waals surface area contributed by atoms with E-state index < -0.39 is 0 Å². The van der Waals surface area contributed by atoms with Gasteiger partial charge in [0.15, 0.2) is 0 Å². The van der Waals surface area contributed by atoms with Gasteiger partial charge in [0.1, 0.15) is 12.4 Å². The van der Waals surface area contributed by atoms with Crippen LogP contribution >= 0.6 is 11.6 Å². The predicted molar refractivity (Wildman–Crippen MR) is 105 cm³/mol. The third-order valence-electron chi connectivity index (χ3n) is 4.56. The third kappa shape index (κ3) is 5.60. The molecule has 0 radical (unpaired) electrons. The molecule has 0 saturated heterocycles. The molecule has 1 saturated carbocycles. The number of carbonyl (C=O) groups excluding carboxylic acids is 1. The summed E-state index contributed by atoms with van der Waals surface area (Å²) in [4.78, 5) is 12.0. The lowest BCUT2D eigenvalue weighted by molar-refractivity contribution is -0.125. The summed E-state index contributed by atoms with van der Waals surface area (Å²) in [6, 6.07) is 15.2. The Balaban J connectivity index is 1.46. The molecule has 4 nitrogen and oxygen atoms in total. The molecule has 26 heavy (non-hydrogen) atoms. The number of hydrogen-bond acceptors (Lipinski definition) is 3. The predicted octanol–water partition coefficient (Wildman–Crippen LogP) is 4.95. The molecular weight excluding hydrogens is 348 g/mol. The first-order valence-corrected chi connectivity index (χ1v) is 9.39. The second kappa shape index (κ2) is 9.39. The van der Waals surface area contributed by atoms with E-state index in [1.165, 1.54) is 6.42 Å². The molecular formula is C21H23ClN2O2. The Bertz CT molecular complexity index is 736. The van der Waals surface area contributed by atoms with Gasteiger partial charge < -0.3 is 4.74 Å². The molecule has 1 fully saturated rings. The van der Waals surface area contributed by atoms with Gasteiger partial charge in [0, 0.05) is 10.9 Å². The molecule has 0 aliphatic heterocycles. The summed E-state index contributed by atoms with van der Waals surface area (Å²) in [7, 11) is 0. The van der Waals surface area contributed by atoms with E-state index >= 15 is 0 Å². The van der Waals surface area contributed by atoms with E-state index in [1.807, 2.05) is 48.5 Å². The van der Waals surface area contributed by atoms with Gasteiger partial charge >= 0.3 is 0 Å². The van der Waals surface area contributed by atoms with Crippen LogP contribution in [-0.2, 0) is 11.4 Å². The SMILES string of the molecule is O=C(N/N=C/c1ccc(OCc2ccc(Cl)cc2)cc1)C1CCCCC1. The molecule has 1 N–H and O–H groups in total. The van der Waals surface area contributed by atoms with Crippen LogP contribution in [0.3, 0.4) is 0 Å². The zero-order valence-corrected chi connectivity index (χ0v) is 15.4. The molecule has 5 heteroatoms. The molecule has 0 bridgehead atoms. The van der Waals surface area contributed by atoms with Crippen LogP contribution in [0.5, 0.6) is 5.75 Å². The number of hydrogen-bond donors (Lipinski definition) is 1. The van der Waals surface area contributed by atoms with Crippen LogP contribution in [0, 0.1) is 5.92 Å². The molecule has 136 valence electrons. The number of amides is 1. The normalized spacial score (nSPS) is 15.1. The van der Waals surface area contributed by atoms with Gasteiger partial charge in [-0.3, -0.25) is 4.79 Å². The Kier molecular flexibility index (Phi) is 6.67. The van der Waals surface area contributed by atoms with Crippen molar-refractivity contribution in [2.45, 2.75) is 38.7 Å². The molecule has 2 aromatic rings. The summed E-state index contributed by atoms with van der Waals surface area (Å²) in [6.07, 6.45) is 7.11. The molecule has 0 unspecified atom stereocenters. The van der Waals surface area contributed by atoms with Crippen LogP contribution < -0.4 is 10.2 Å². The number of rotatable bonds is 6. The van der Waals surface area contributed by atoms with Gasteiger partial charge in [-0.15, -0.1) is 0 Å². The van der Waals surface area contributed by atoms with E-state index in [-0.39, 0.29) is 11.8 Å². The number of benzene rings is 2. The van der Waals surface area contributed by atoms with E-state index in [0.29, 0.717) is 11.6 Å². The van der Waals surface area contributed by atoms with Crippen molar-refractivity contribution in [1.29, 1.82) is 0 Å². The minimum Gasteiger partial charge on any atom is -0.489 e. The van der Waals surface area contributed by atoms with E-state index in [1.54, 1.807) is 6.21 Å². The zero-order valence-electron chi connectivity index (χ0n) is 14.7. The van der Waals surface area contributed by atoms with E-state index in [9.17, 15) is 4.79 Å². The van der Waals surface area contributed by atoms with Crippen molar-refractivity contribution >= 4 is 23.7 Å². The Hall–Kier alpha value is -2.33. The minimum atomic E-state index is 0.0314. The van der Waals surface area contributed by atoms with Crippen molar-refractivity contribution in [1.82, 2.24) is 5.43 Å². The summed E-state index contributed by atoms with van der Waals surface area (Å²) < 4.78 is 5.75. The summed E-state index contributed by atoms with van der Waals surface area (Å²) in [5, 5.41) is 4.79. The fourth-order valence-corrected chi connectivity index (χ4v) is 3.15. The highest BCUT2D eigenvalue weighted by Gasteiger charge is 2.20. The maximum Gasteiger partial charge on any atom is 0.243 e. The number of hydrazone groups is 1. The first-order chi connectivity index (χ1) is 12.7. The molecule has 0 heterocycles. The second-order valence-corrected chi connectivity index (χ2v) is 6.99. The van der Waals surface area contributed by atoms with Gasteiger partial charge in [-0.2, -0.15) is 5.10 Å². The van der Waals surface area contributed by atoms with Crippen LogP contribution in [0.4, 0.5) is 0 Å². The number of carbonyl (C=O) groups is 1. The average Bonchev–Trinajstić information content (AvgIpc) is 2.69. The van der Waals surface area contributed by atoms with Crippen molar-refractivity contribution < 1.29 is 9.53 Å². The van der Waals surface area contributed by atoms with E-state index in [2.05, 4.69) is 10.5 Å². The lowest BCUT2D eigenvalue weighted by Gasteiger charge is -2.19. The van der Waals surface area contributed by atoms with Crippen molar-refractivity contribution in [3.63, 3.8) is 0 Å². The standard InChI is InChI=1S/C21H23ClN2O2/c22-19-10-6-17(7-11-19)15-26-20-12-8-16(9-13-20)14-23-24-21(25)18-4-2-1-3-5-18/h6-14,18H,1-5,15H2,(H,24,25)/b23-14+. The first kappa shape index (κ1) is 18.5. The van der Waals surface area contributed by atoms with Crippen molar-refractivity contribution in [2.75, 3.05) is 0 Å². The maximum atomic E-state index is 12.0. The Morgan fingerprint density at radius 1 is 1.08 bits per heavy atom. The molecule has 0 aromatic heterocycles. The fraction of sp³-hybridized carbons (Fsp3) is 0.333. The summed E-state index contributed by atoms with van der Waals surface area (Å²) in [5.41, 5.74) is 4.63. The highest BCUT2D eigenvalue weighted by atomic mass is 35.5. The smallest absolute Gasteiger partial charge is 0.243 e. The fourth-order valence-electron chi connectivity index (χ4n) is 3.02. The van der Waals surface area contributed by atoms with Gasteiger partial charge in [-0.1, -0.05) is 43.0 Å². The van der Waals surface area contributed by atoms with Crippen LogP contribution in [0.15, 0.2) is 53.6 Å². The van der Waals surface area contributed by atoms with Crippen LogP contribution in [-0.4, -0.2) is 12.1 Å². The summed E-state index contributed by atoms with van der Waals surface area (Å²) in [6.45, 7) is 0.488. The minimum absolute atomic E-state index is 0.0314. The van der Waals surface area contributed by atoms with Gasteiger partial charge in [-0.05, 0) is 60.4 Å². The highest BCUT2D eigenvalue weighted by Crippen LogP contribution is 2.23. The number of halogens is 1. The second-order valence-electron chi connectivity index (χ2n) is 6.55. The first-order valence-electron chi connectivity index (χ1n) is 9.01. The Morgan fingerprint density at radius 2 is 1.77 bits per heavy atom.